The lowest BCUT2D eigenvalue weighted by Crippen LogP contribution is -2.47. The maximum Gasteiger partial charge on any atom is 0.257 e. The first kappa shape index (κ1) is 18.2. The van der Waals surface area contributed by atoms with Gasteiger partial charge in [0.15, 0.2) is 0 Å². The topological polar surface area (TPSA) is 70.2 Å². The van der Waals surface area contributed by atoms with Crippen LogP contribution in [0.4, 0.5) is 0 Å². The second-order valence-electron chi connectivity index (χ2n) is 7.89. The van der Waals surface area contributed by atoms with E-state index in [1.165, 1.54) is 16.3 Å². The van der Waals surface area contributed by atoms with Gasteiger partial charge in [-0.1, -0.05) is 49.4 Å². The number of carbonyl (C=O) groups excluding carboxylic acids is 1. The number of piperidine rings is 1. The van der Waals surface area contributed by atoms with Crippen LogP contribution in [0.25, 0.3) is 10.8 Å². The van der Waals surface area contributed by atoms with Crippen LogP contribution >= 0.6 is 0 Å². The number of rotatable bonds is 3. The number of carbonyl (C=O) groups is 1. The fourth-order valence-electron chi connectivity index (χ4n) is 4.65. The van der Waals surface area contributed by atoms with Gasteiger partial charge in [0.25, 0.3) is 5.91 Å². The number of nitrogens with zero attached hydrogens (tertiary/aromatic N) is 3. The van der Waals surface area contributed by atoms with E-state index in [2.05, 4.69) is 63.3 Å². The fraction of sp³-hybridized carbons (Fsp3) is 0.348. The van der Waals surface area contributed by atoms with E-state index in [0.717, 1.165) is 25.2 Å². The largest absolute Gasteiger partial charge is 0.338 e. The molecule has 3 atom stereocenters. The second-order valence-corrected chi connectivity index (χ2v) is 7.89. The van der Waals surface area contributed by atoms with Crippen LogP contribution in [0.5, 0.6) is 0 Å². The number of likely N-dealkylation sites (tertiary alicyclic amines) is 1. The first-order valence-electron chi connectivity index (χ1n) is 10.3. The fourth-order valence-corrected chi connectivity index (χ4v) is 4.65. The van der Waals surface area contributed by atoms with Crippen LogP contribution in [-0.4, -0.2) is 39.9 Å². The smallest absolute Gasteiger partial charge is 0.257 e. The van der Waals surface area contributed by atoms with Gasteiger partial charge < -0.3 is 4.90 Å². The molecule has 5 rings (SSSR count). The van der Waals surface area contributed by atoms with Crippen molar-refractivity contribution < 1.29 is 4.79 Å². The molecule has 0 bridgehead atoms. The minimum Gasteiger partial charge on any atom is -0.338 e. The molecule has 0 aliphatic carbocycles. The van der Waals surface area contributed by atoms with Crippen LogP contribution in [-0.2, 0) is 6.42 Å². The van der Waals surface area contributed by atoms with Gasteiger partial charge in [-0.15, -0.1) is 0 Å². The Labute approximate surface area is 170 Å². The van der Waals surface area contributed by atoms with E-state index in [1.807, 2.05) is 11.8 Å². The lowest BCUT2D eigenvalue weighted by molar-refractivity contribution is 0.0652. The van der Waals surface area contributed by atoms with Gasteiger partial charge in [-0.05, 0) is 22.8 Å². The van der Waals surface area contributed by atoms with Crippen molar-refractivity contribution in [3.8, 4) is 0 Å². The minimum atomic E-state index is 0.0228. The summed E-state index contributed by atoms with van der Waals surface area (Å²) in [5, 5.41) is 2.51. The molecular weight excluding hydrogens is 362 g/mol. The number of fused-ring (bicyclic) bond motifs is 2. The lowest BCUT2D eigenvalue weighted by Gasteiger charge is -2.36. The van der Waals surface area contributed by atoms with E-state index in [-0.39, 0.29) is 11.9 Å². The summed E-state index contributed by atoms with van der Waals surface area (Å²) in [6.45, 7) is 3.47. The minimum absolute atomic E-state index is 0.0228. The van der Waals surface area contributed by atoms with Crippen LogP contribution in [0.2, 0.25) is 0 Å². The van der Waals surface area contributed by atoms with E-state index in [0.29, 0.717) is 24.1 Å². The van der Waals surface area contributed by atoms with Crippen molar-refractivity contribution >= 4 is 16.7 Å². The predicted octanol–water partition coefficient (Wildman–Crippen LogP) is 2.87. The number of aromatic nitrogens is 2. The molecule has 0 saturated carbocycles. The molecule has 2 fully saturated rings. The number of aryl methyl sites for hydroxylation is 1. The zero-order chi connectivity index (χ0) is 19.8. The van der Waals surface area contributed by atoms with E-state index in [9.17, 15) is 4.79 Å². The molecule has 2 aromatic carbocycles. The molecule has 2 saturated heterocycles. The normalized spacial score (nSPS) is 23.9. The van der Waals surface area contributed by atoms with Crippen LogP contribution in [0.1, 0.15) is 41.1 Å². The van der Waals surface area contributed by atoms with Crippen molar-refractivity contribution in [1.29, 1.82) is 0 Å². The van der Waals surface area contributed by atoms with E-state index >= 15 is 0 Å². The van der Waals surface area contributed by atoms with Gasteiger partial charge in [0, 0.05) is 43.9 Å². The number of nitrogens with one attached hydrogen (secondary N) is 2. The SMILES string of the molecule is CCc1ncc(C(=O)N2CCC3NNC(c4cccc5ccccc45)C3C2)cn1. The first-order valence-corrected chi connectivity index (χ1v) is 10.3. The quantitative estimate of drug-likeness (QED) is 0.723. The first-order chi connectivity index (χ1) is 14.2. The van der Waals surface area contributed by atoms with Crippen molar-refractivity contribution in [2.45, 2.75) is 31.8 Å². The molecular formula is C23H25N5O. The lowest BCUT2D eigenvalue weighted by atomic mass is 9.83. The van der Waals surface area contributed by atoms with E-state index in [1.54, 1.807) is 12.4 Å². The maximum absolute atomic E-state index is 13.0. The summed E-state index contributed by atoms with van der Waals surface area (Å²) in [5.74, 6) is 1.10. The zero-order valence-electron chi connectivity index (χ0n) is 16.5. The van der Waals surface area contributed by atoms with Crippen LogP contribution < -0.4 is 10.9 Å². The van der Waals surface area contributed by atoms with Gasteiger partial charge in [-0.25, -0.2) is 15.4 Å². The average molecular weight is 387 g/mol. The van der Waals surface area contributed by atoms with Crippen molar-refractivity contribution in [3.05, 3.63) is 71.8 Å². The standard InChI is InChI=1S/C23H25N5O/c1-2-21-24-12-16(13-25-21)23(29)28-11-10-20-19(14-28)22(27-26-20)18-9-5-7-15-6-3-4-8-17(15)18/h3-9,12-13,19-20,22,26-27H,2,10-11,14H2,1H3. The third-order valence-electron chi connectivity index (χ3n) is 6.22. The van der Waals surface area contributed by atoms with Gasteiger partial charge in [-0.2, -0.15) is 0 Å². The van der Waals surface area contributed by atoms with Crippen LogP contribution in [0.3, 0.4) is 0 Å². The summed E-state index contributed by atoms with van der Waals surface area (Å²) >= 11 is 0. The molecule has 2 aliphatic heterocycles. The molecule has 3 heterocycles. The van der Waals surface area contributed by atoms with Crippen molar-refractivity contribution in [2.24, 2.45) is 5.92 Å². The summed E-state index contributed by atoms with van der Waals surface area (Å²) < 4.78 is 0. The molecule has 3 aromatic rings. The van der Waals surface area contributed by atoms with Gasteiger partial charge in [0.2, 0.25) is 0 Å². The number of hydrazine groups is 1. The van der Waals surface area contributed by atoms with Crippen LogP contribution in [0, 0.1) is 5.92 Å². The van der Waals surface area contributed by atoms with Gasteiger partial charge in [-0.3, -0.25) is 10.2 Å². The Morgan fingerprint density at radius 1 is 1.10 bits per heavy atom. The molecule has 29 heavy (non-hydrogen) atoms. The summed E-state index contributed by atoms with van der Waals surface area (Å²) in [4.78, 5) is 23.6. The van der Waals surface area contributed by atoms with Gasteiger partial charge in [0.1, 0.15) is 5.82 Å². The number of benzene rings is 2. The third kappa shape index (κ3) is 3.28. The van der Waals surface area contributed by atoms with Crippen molar-refractivity contribution in [1.82, 2.24) is 25.7 Å². The monoisotopic (exact) mass is 387 g/mol. The summed E-state index contributed by atoms with van der Waals surface area (Å²) in [5.41, 5.74) is 8.84. The maximum atomic E-state index is 13.0. The molecule has 2 aliphatic rings. The molecule has 3 unspecified atom stereocenters. The van der Waals surface area contributed by atoms with E-state index < -0.39 is 0 Å². The zero-order valence-corrected chi connectivity index (χ0v) is 16.5. The third-order valence-corrected chi connectivity index (χ3v) is 6.22. The Bertz CT molecular complexity index is 1030. The molecule has 6 nitrogen and oxygen atoms in total. The highest BCUT2D eigenvalue weighted by molar-refractivity contribution is 5.93. The Morgan fingerprint density at radius 2 is 1.90 bits per heavy atom. The van der Waals surface area contributed by atoms with Crippen molar-refractivity contribution in [3.63, 3.8) is 0 Å². The molecule has 148 valence electrons. The highest BCUT2D eigenvalue weighted by Gasteiger charge is 2.42. The number of amides is 1. The van der Waals surface area contributed by atoms with Gasteiger partial charge in [0.05, 0.1) is 11.6 Å². The average Bonchev–Trinajstić information content (AvgIpc) is 3.21. The second kappa shape index (κ2) is 7.54. The number of hydrogen-bond donors (Lipinski definition) is 2. The predicted molar refractivity (Wildman–Crippen MR) is 112 cm³/mol. The summed E-state index contributed by atoms with van der Waals surface area (Å²) in [6.07, 6.45) is 5.02. The highest BCUT2D eigenvalue weighted by atomic mass is 16.2. The number of hydrogen-bond acceptors (Lipinski definition) is 5. The van der Waals surface area contributed by atoms with Crippen LogP contribution in [0.15, 0.2) is 54.9 Å². The Morgan fingerprint density at radius 3 is 2.72 bits per heavy atom. The molecule has 1 amide bonds. The van der Waals surface area contributed by atoms with Gasteiger partial charge >= 0.3 is 0 Å². The Balaban J connectivity index is 1.40. The van der Waals surface area contributed by atoms with E-state index in [4.69, 9.17) is 0 Å². The Hall–Kier alpha value is -2.83. The molecule has 0 spiro atoms. The summed E-state index contributed by atoms with van der Waals surface area (Å²) in [7, 11) is 0. The Kier molecular flexibility index (Phi) is 4.73. The molecule has 0 radical (unpaired) electrons. The highest BCUT2D eigenvalue weighted by Crippen LogP contribution is 2.37. The molecule has 1 aromatic heterocycles. The summed E-state index contributed by atoms with van der Waals surface area (Å²) in [6, 6.07) is 15.5. The molecule has 6 heteroatoms. The molecule has 2 N–H and O–H groups in total. The van der Waals surface area contributed by atoms with Crippen molar-refractivity contribution in [2.75, 3.05) is 13.1 Å².